The molecule has 1 heterocycles. The van der Waals surface area contributed by atoms with Crippen LogP contribution in [0.5, 0.6) is 0 Å². The number of allylic oxidation sites excluding steroid dienone is 3. The van der Waals surface area contributed by atoms with Crippen LogP contribution in [0, 0.1) is 11.5 Å². The van der Waals surface area contributed by atoms with Crippen LogP contribution in [-0.4, -0.2) is 40.1 Å². The third-order valence-electron chi connectivity index (χ3n) is 5.72. The van der Waals surface area contributed by atoms with Gasteiger partial charge in [0.05, 0.1) is 0 Å². The van der Waals surface area contributed by atoms with E-state index in [1.54, 1.807) is 6.26 Å². The Morgan fingerprint density at radius 1 is 0.977 bits per heavy atom. The summed E-state index contributed by atoms with van der Waals surface area (Å²) in [5, 5.41) is 7.96. The first kappa shape index (κ1) is 44.5. The predicted molar refractivity (Wildman–Crippen MR) is 179 cm³/mol. The Kier molecular flexibility index (Phi) is 27.6. The summed E-state index contributed by atoms with van der Waals surface area (Å²) in [7, 11) is 0. The highest BCUT2D eigenvalue weighted by Gasteiger charge is 2.23. The summed E-state index contributed by atoms with van der Waals surface area (Å²) >= 11 is 14.9. The van der Waals surface area contributed by atoms with Gasteiger partial charge < -0.3 is 4.74 Å². The number of benzene rings is 1. The maximum absolute atomic E-state index is 11.1. The molecule has 0 N–H and O–H groups in total. The molecule has 0 spiro atoms. The Balaban J connectivity index is -0.000000542. The van der Waals surface area contributed by atoms with Crippen molar-refractivity contribution in [3.63, 3.8) is 0 Å². The molecule has 0 aromatic heterocycles. The number of hydrogen-bond acceptors (Lipinski definition) is 6. The summed E-state index contributed by atoms with van der Waals surface area (Å²) in [6, 6.07) is 7.89. The Hall–Kier alpha value is -2.92. The lowest BCUT2D eigenvalue weighted by Crippen LogP contribution is -2.30. The molecule has 7 nitrogen and oxygen atoms in total. The second kappa shape index (κ2) is 26.7. The molecule has 1 aromatic carbocycles. The Morgan fingerprint density at radius 2 is 1.51 bits per heavy atom. The zero-order chi connectivity index (χ0) is 34.0. The molecule has 1 aliphatic rings. The highest BCUT2D eigenvalue weighted by Crippen LogP contribution is 2.26. The van der Waals surface area contributed by atoms with Crippen LogP contribution in [0.4, 0.5) is 0 Å². The van der Waals surface area contributed by atoms with Crippen molar-refractivity contribution in [1.29, 1.82) is 5.26 Å². The van der Waals surface area contributed by atoms with Crippen molar-refractivity contribution < 1.29 is 23.9 Å². The van der Waals surface area contributed by atoms with Gasteiger partial charge in [-0.15, -0.1) is 11.6 Å². The number of nitrogens with zero attached hydrogens (tertiary/aromatic N) is 2. The number of nitriles is 1. The van der Waals surface area contributed by atoms with Crippen molar-refractivity contribution in [3.05, 3.63) is 65.8 Å². The van der Waals surface area contributed by atoms with Gasteiger partial charge in [0.1, 0.15) is 5.60 Å². The number of carbonyl (C=O) groups excluding carboxylic acids is 4. The molecule has 0 atom stereocenters. The molecule has 1 aromatic rings. The van der Waals surface area contributed by atoms with Crippen LogP contribution in [0.25, 0.3) is 5.57 Å². The van der Waals surface area contributed by atoms with E-state index in [0.29, 0.717) is 32.2 Å². The van der Waals surface area contributed by atoms with Crippen LogP contribution in [0.2, 0.25) is 0 Å². The van der Waals surface area contributed by atoms with E-state index in [1.165, 1.54) is 29.0 Å². The van der Waals surface area contributed by atoms with Gasteiger partial charge >= 0.3 is 0 Å². The second-order valence-corrected chi connectivity index (χ2v) is 10.2. The largest absolute Gasteiger partial charge is 0.417 e. The van der Waals surface area contributed by atoms with Gasteiger partial charge in [0.15, 0.2) is 0 Å². The van der Waals surface area contributed by atoms with E-state index in [0.717, 1.165) is 29.5 Å². The highest BCUT2D eigenvalue weighted by atomic mass is 35.5. The quantitative estimate of drug-likeness (QED) is 0.0555. The lowest BCUT2D eigenvalue weighted by atomic mass is 9.95. The van der Waals surface area contributed by atoms with Crippen LogP contribution in [-0.2, 0) is 29.5 Å². The SMILES string of the molecule is C/C=C(\C)CCC(=O)Cl.C=C(C)c1cccc(C(C)(C)OC#N)c1.CC.CCl.O=C(Cl)CCCCCN1C(=O)C=CC1=O. The number of amides is 2. The van der Waals surface area contributed by atoms with Crippen molar-refractivity contribution in [2.75, 3.05) is 12.9 Å². The Labute approximate surface area is 273 Å². The minimum atomic E-state index is -0.583. The van der Waals surface area contributed by atoms with Gasteiger partial charge in [-0.3, -0.25) is 24.1 Å². The molecule has 2 amide bonds. The van der Waals surface area contributed by atoms with Crippen molar-refractivity contribution in [1.82, 2.24) is 4.90 Å². The smallest absolute Gasteiger partial charge is 0.287 e. The molecule has 0 saturated carbocycles. The van der Waals surface area contributed by atoms with Crippen molar-refractivity contribution in [2.45, 2.75) is 92.6 Å². The highest BCUT2D eigenvalue weighted by molar-refractivity contribution is 6.63. The molecule has 43 heavy (non-hydrogen) atoms. The van der Waals surface area contributed by atoms with Crippen LogP contribution in [0.1, 0.15) is 98.1 Å². The van der Waals surface area contributed by atoms with Gasteiger partial charge in [0.25, 0.3) is 18.1 Å². The van der Waals surface area contributed by atoms with Crippen LogP contribution in [0.15, 0.2) is 54.6 Å². The maximum atomic E-state index is 11.1. The lowest BCUT2D eigenvalue weighted by molar-refractivity contribution is -0.136. The number of hydrogen-bond donors (Lipinski definition) is 0. The topological polar surface area (TPSA) is 105 Å². The summed E-state index contributed by atoms with van der Waals surface area (Å²) < 4.78 is 5.03. The second-order valence-electron chi connectivity index (χ2n) is 9.38. The molecule has 0 aliphatic carbocycles. The van der Waals surface area contributed by atoms with Gasteiger partial charge in [0, 0.05) is 37.9 Å². The third-order valence-corrected chi connectivity index (χ3v) is 6.09. The van der Waals surface area contributed by atoms with Crippen LogP contribution >= 0.6 is 34.8 Å². The molecule has 0 fully saturated rings. The number of unbranched alkanes of at least 4 members (excludes halogenated alkanes) is 2. The fraction of sp³-hybridized carbons (Fsp3) is 0.485. The number of halogens is 3. The first-order chi connectivity index (χ1) is 20.2. The molecule has 0 radical (unpaired) electrons. The van der Waals surface area contributed by atoms with Gasteiger partial charge in [-0.1, -0.05) is 62.3 Å². The average Bonchev–Trinajstić information content (AvgIpc) is 3.30. The monoisotopic (exact) mass is 656 g/mol. The van der Waals surface area contributed by atoms with Crippen LogP contribution in [0.3, 0.4) is 0 Å². The standard InChI is InChI=1S/C13H15NO.C10H12ClNO3.C7H11ClO.C2H6.CH3Cl/c1-10(2)11-6-5-7-12(8-11)13(3,4)15-9-14;11-8(13)4-2-1-3-7-12-9(14)5-6-10(12)15;1-3-6(2)4-5-7(8)9;2*1-2/h5-8H,1H2,2-4H3;5-6H,1-4,7H2;3H,4-5H2,1-2H3;1-2H3;1H3/b;;6-3+;;. The van der Waals surface area contributed by atoms with Gasteiger partial charge in [-0.05, 0) is 94.3 Å². The fourth-order valence-electron chi connectivity index (χ4n) is 3.13. The summed E-state index contributed by atoms with van der Waals surface area (Å²) in [5.74, 6) is -0.512. The first-order valence-corrected chi connectivity index (χ1v) is 15.5. The Bertz CT molecular complexity index is 1100. The number of ether oxygens (including phenoxy) is 1. The predicted octanol–water partition coefficient (Wildman–Crippen LogP) is 9.07. The van der Waals surface area contributed by atoms with Crippen LogP contribution < -0.4 is 0 Å². The van der Waals surface area contributed by atoms with E-state index < -0.39 is 5.60 Å². The number of alkyl halides is 1. The fourth-order valence-corrected chi connectivity index (χ4v) is 3.36. The van der Waals surface area contributed by atoms with Gasteiger partial charge in [-0.25, -0.2) is 0 Å². The lowest BCUT2D eigenvalue weighted by Gasteiger charge is -2.22. The molecule has 1 aliphatic heterocycles. The molecule has 2 rings (SSSR count). The zero-order valence-electron chi connectivity index (χ0n) is 26.8. The molecular formula is C33H47Cl3N2O5. The third kappa shape index (κ3) is 22.3. The normalized spacial score (nSPS) is 11.7. The van der Waals surface area contributed by atoms with E-state index in [-0.39, 0.29) is 22.3 Å². The van der Waals surface area contributed by atoms with Crippen molar-refractivity contribution in [3.8, 4) is 6.26 Å². The first-order valence-electron chi connectivity index (χ1n) is 14.0. The van der Waals surface area contributed by atoms with Crippen molar-refractivity contribution in [2.24, 2.45) is 0 Å². The number of imide groups is 1. The molecular weight excluding hydrogens is 611 g/mol. The minimum Gasteiger partial charge on any atom is -0.417 e. The van der Waals surface area contributed by atoms with E-state index in [9.17, 15) is 19.2 Å². The number of carbonyl (C=O) groups is 4. The van der Waals surface area contributed by atoms with Crippen molar-refractivity contribution >= 4 is 62.7 Å². The van der Waals surface area contributed by atoms with Gasteiger partial charge in [-0.2, -0.15) is 5.26 Å². The number of rotatable bonds is 12. The van der Waals surface area contributed by atoms with E-state index in [4.69, 9.17) is 33.2 Å². The molecule has 240 valence electrons. The Morgan fingerprint density at radius 3 is 1.95 bits per heavy atom. The van der Waals surface area contributed by atoms with E-state index in [2.05, 4.69) is 18.2 Å². The summed E-state index contributed by atoms with van der Waals surface area (Å²) in [6.07, 6.45) is 11.5. The summed E-state index contributed by atoms with van der Waals surface area (Å²) in [5.41, 5.74) is 3.68. The average molecular weight is 658 g/mol. The molecule has 0 bridgehead atoms. The minimum absolute atomic E-state index is 0.254. The summed E-state index contributed by atoms with van der Waals surface area (Å²) in [6.45, 7) is 17.9. The molecule has 10 heteroatoms. The van der Waals surface area contributed by atoms with E-state index in [1.807, 2.05) is 78.8 Å². The zero-order valence-corrected chi connectivity index (χ0v) is 29.0. The van der Waals surface area contributed by atoms with Gasteiger partial charge in [0.2, 0.25) is 10.5 Å². The maximum Gasteiger partial charge on any atom is 0.287 e. The molecule has 0 unspecified atom stereocenters. The van der Waals surface area contributed by atoms with E-state index >= 15 is 0 Å². The summed E-state index contributed by atoms with van der Waals surface area (Å²) in [4.78, 5) is 44.0. The molecule has 0 saturated heterocycles.